The van der Waals surface area contributed by atoms with Gasteiger partial charge in [0.25, 0.3) is 0 Å². The monoisotopic (exact) mass is 1470 g/mol. The lowest BCUT2D eigenvalue weighted by atomic mass is 9.81. The lowest BCUT2D eigenvalue weighted by Gasteiger charge is -2.44. The lowest BCUT2D eigenvalue weighted by Crippen LogP contribution is -2.66. The maximum Gasteiger partial charge on any atom is 0.417 e. The van der Waals surface area contributed by atoms with Crippen molar-refractivity contribution < 1.29 is 75.5 Å². The number of aryl methyl sites for hydroxylation is 1. The number of hydrogen-bond acceptors (Lipinski definition) is 13. The molecule has 3 aliphatic carbocycles. The van der Waals surface area contributed by atoms with Gasteiger partial charge in [0.1, 0.15) is 53.6 Å². The molecular formula is C74H112ClF3N12O13. The van der Waals surface area contributed by atoms with Crippen LogP contribution in [0.25, 0.3) is 0 Å². The fraction of sp³-hybridized carbons (Fsp3) is 0.743. The van der Waals surface area contributed by atoms with Crippen LogP contribution in [0, 0.1) is 23.7 Å². The molecule has 0 radical (unpaired) electrons. The number of hydrogen-bond donors (Lipinski definition) is 3. The van der Waals surface area contributed by atoms with E-state index in [-0.39, 0.29) is 68.9 Å². The van der Waals surface area contributed by atoms with Crippen LogP contribution in [0.4, 0.5) is 13.2 Å². The third-order valence-electron chi connectivity index (χ3n) is 22.5. The lowest BCUT2D eigenvalue weighted by molar-refractivity contribution is -0.157. The summed E-state index contributed by atoms with van der Waals surface area (Å²) in [4.78, 5) is 205. The van der Waals surface area contributed by atoms with Gasteiger partial charge in [0, 0.05) is 81.8 Å². The number of amides is 12. The maximum atomic E-state index is 15.9. The van der Waals surface area contributed by atoms with Gasteiger partial charge in [-0.3, -0.25) is 62.3 Å². The quantitative estimate of drug-likeness (QED) is 0.230. The van der Waals surface area contributed by atoms with Crippen molar-refractivity contribution in [1.82, 2.24) is 60.0 Å². The van der Waals surface area contributed by atoms with Gasteiger partial charge in [0.05, 0.1) is 36.6 Å². The summed E-state index contributed by atoms with van der Waals surface area (Å²) in [6.45, 7) is 5.93. The molecule has 7 rings (SSSR count). The van der Waals surface area contributed by atoms with Gasteiger partial charge in [-0.15, -0.1) is 0 Å². The number of halogens is 4. The van der Waals surface area contributed by atoms with Gasteiger partial charge in [0.15, 0.2) is 0 Å². The van der Waals surface area contributed by atoms with Gasteiger partial charge in [-0.1, -0.05) is 116 Å². The van der Waals surface area contributed by atoms with Crippen molar-refractivity contribution in [3.8, 4) is 0 Å². The first-order valence-corrected chi connectivity index (χ1v) is 37.6. The van der Waals surface area contributed by atoms with Crippen LogP contribution in [0.3, 0.4) is 0 Å². The number of ketones is 1. The van der Waals surface area contributed by atoms with Crippen LogP contribution < -0.4 is 16.0 Å². The van der Waals surface area contributed by atoms with E-state index in [2.05, 4.69) is 16.0 Å². The van der Waals surface area contributed by atoms with Gasteiger partial charge in [0.2, 0.25) is 70.9 Å². The number of carbonyl (C=O) groups is 13. The topological polar surface area (TPSA) is 287 Å². The van der Waals surface area contributed by atoms with Crippen molar-refractivity contribution in [3.05, 3.63) is 34.3 Å². The van der Waals surface area contributed by atoms with Crippen molar-refractivity contribution >= 4 is 88.3 Å². The minimum Gasteiger partial charge on any atom is -0.343 e. The van der Waals surface area contributed by atoms with Crippen LogP contribution in [0.15, 0.2) is 18.2 Å². The summed E-state index contributed by atoms with van der Waals surface area (Å²) >= 11 is 6.16. The summed E-state index contributed by atoms with van der Waals surface area (Å²) < 4.78 is 41.8. The van der Waals surface area contributed by atoms with E-state index in [4.69, 9.17) is 11.6 Å². The number of likely N-dealkylation sites (N-methyl/N-ethyl adjacent to an activating group) is 7. The zero-order valence-electron chi connectivity index (χ0n) is 62.3. The summed E-state index contributed by atoms with van der Waals surface area (Å²) in [7, 11) is 9.87. The summed E-state index contributed by atoms with van der Waals surface area (Å²) in [5, 5.41) is 8.00. The van der Waals surface area contributed by atoms with Crippen molar-refractivity contribution in [1.29, 1.82) is 0 Å². The fourth-order valence-electron chi connectivity index (χ4n) is 15.9. The minimum absolute atomic E-state index is 0.00703. The third kappa shape index (κ3) is 21.2. The number of benzene rings is 1. The molecule has 1 aromatic carbocycles. The highest BCUT2D eigenvalue weighted by atomic mass is 35.5. The van der Waals surface area contributed by atoms with Crippen LogP contribution in [0.1, 0.15) is 193 Å². The molecule has 0 bridgehead atoms. The first-order chi connectivity index (χ1) is 48.6. The first kappa shape index (κ1) is 82.9. The van der Waals surface area contributed by atoms with E-state index in [1.807, 2.05) is 20.8 Å². The fourth-order valence-corrected chi connectivity index (χ4v) is 16.2. The van der Waals surface area contributed by atoms with Crippen molar-refractivity contribution in [3.63, 3.8) is 0 Å². The van der Waals surface area contributed by atoms with E-state index in [0.717, 1.165) is 76.7 Å². The van der Waals surface area contributed by atoms with E-state index in [9.17, 15) is 46.7 Å². The van der Waals surface area contributed by atoms with Gasteiger partial charge in [-0.25, -0.2) is 0 Å². The molecule has 1 spiro atoms. The number of alkyl halides is 3. The number of fused-ring (bicyclic) bond motifs is 1. The van der Waals surface area contributed by atoms with Crippen LogP contribution in [-0.4, -0.2) is 257 Å². The Labute approximate surface area is 610 Å². The number of nitrogens with one attached hydrogen (secondary N) is 3. The number of Topliss-reactive ketones (excluding diaryl/α,β-unsaturated/α-hetero) is 1. The predicted molar refractivity (Wildman–Crippen MR) is 379 cm³/mol. The maximum absolute atomic E-state index is 15.9. The standard InChI is InChI=1S/C74H112ClF3N12O13/c1-12-47(4)63-70(101)84(7)44-61(94)82(5)45-62(95)86(9)57(40-48-24-16-13-17-25-48)68(99)83(6)43-59(92)79-54(31-29-49-28-30-52(53(75)39-49)74(76,77)78)67(98)90-37-32-51(91)41-56(90)66(97)81-73(33-20-21-34-73)72(103)88(11)64(50-26-18-14-19-27-50)71(102)87(10)58(69(100)89-35-22-15-23-36-89)42-60(93)85(8)55(38-46(2)3)65(96)80-63/h28,30,39,46-48,50,54-58,63-64H,12-27,29,31-38,40-45H2,1-11H3,(H,79,92)(H,80,96)(H,81,97)/t47-,54-,55-,56?,57-,58-,63-,64-/m0/s1. The van der Waals surface area contributed by atoms with E-state index in [0.29, 0.717) is 70.9 Å². The van der Waals surface area contributed by atoms with Crippen LogP contribution in [0.2, 0.25) is 5.02 Å². The Morgan fingerprint density at radius 3 is 1.82 bits per heavy atom. The largest absolute Gasteiger partial charge is 0.417 e. The smallest absolute Gasteiger partial charge is 0.343 e. The molecule has 3 saturated heterocycles. The number of rotatable bonds is 11. The zero-order chi connectivity index (χ0) is 75.9. The molecule has 1 unspecified atom stereocenters. The van der Waals surface area contributed by atoms with Crippen LogP contribution >= 0.6 is 11.6 Å². The SMILES string of the molecule is CC[C@H](C)[C@@H]1NC(=O)[C@H](CC(C)C)N(C)C(=O)C[C@@H](C(=O)N2CCCCC2)N(C)C(=O)[C@H](C2CCCCC2)N(C)C(=O)C2(CCCC2)NC(=O)C2CC(=O)CCN2C(=O)[C@H](CCc2ccc(C(F)(F)F)c(Cl)c2)NC(=O)CN(C)C(=O)[C@H](CC2CCCCC2)N(C)C(=O)CN(C)C(=O)CN(C)C1=O. The summed E-state index contributed by atoms with van der Waals surface area (Å²) in [6, 6.07) is -6.30. The molecule has 3 saturated carbocycles. The highest BCUT2D eigenvalue weighted by molar-refractivity contribution is 6.31. The molecule has 574 valence electrons. The van der Waals surface area contributed by atoms with Gasteiger partial charge in [-0.05, 0) is 112 Å². The van der Waals surface area contributed by atoms with E-state index >= 15 is 28.8 Å². The van der Waals surface area contributed by atoms with Crippen LogP contribution in [0.5, 0.6) is 0 Å². The molecule has 1 aromatic rings. The molecule has 0 aromatic heterocycles. The highest BCUT2D eigenvalue weighted by Gasteiger charge is 2.52. The second-order valence-electron chi connectivity index (χ2n) is 30.5. The van der Waals surface area contributed by atoms with E-state index < -0.39 is 186 Å². The Balaban J connectivity index is 1.31. The Bertz CT molecular complexity index is 3240. The predicted octanol–water partition coefficient (Wildman–Crippen LogP) is 5.99. The number of piperidine rings is 2. The van der Waals surface area contributed by atoms with Crippen molar-refractivity contribution in [2.24, 2.45) is 23.7 Å². The Morgan fingerprint density at radius 1 is 0.621 bits per heavy atom. The highest BCUT2D eigenvalue weighted by Crippen LogP contribution is 2.39. The summed E-state index contributed by atoms with van der Waals surface area (Å²) in [6.07, 6.45) is 5.00. The molecule has 3 N–H and O–H groups in total. The molecule has 29 heteroatoms. The average Bonchev–Trinajstić information content (AvgIpc) is 1.70. The molecule has 6 aliphatic rings. The van der Waals surface area contributed by atoms with Crippen LogP contribution in [-0.2, 0) is 74.9 Å². The van der Waals surface area contributed by atoms with Crippen molar-refractivity contribution in [2.75, 3.05) is 88.6 Å². The third-order valence-corrected chi connectivity index (χ3v) is 22.8. The van der Waals surface area contributed by atoms with Gasteiger partial charge in [-0.2, -0.15) is 13.2 Å². The normalized spacial score (nSPS) is 26.6. The second-order valence-corrected chi connectivity index (χ2v) is 30.9. The average molecular weight is 1470 g/mol. The molecule has 8 atom stereocenters. The first-order valence-electron chi connectivity index (χ1n) is 37.3. The van der Waals surface area contributed by atoms with E-state index in [1.165, 1.54) is 75.0 Å². The van der Waals surface area contributed by atoms with Gasteiger partial charge < -0.3 is 60.0 Å². The summed E-state index contributed by atoms with van der Waals surface area (Å²) in [5.41, 5.74) is -2.55. The number of carbonyl (C=O) groups excluding carboxylic acids is 13. The Morgan fingerprint density at radius 2 is 1.21 bits per heavy atom. The number of likely N-dealkylation sites (tertiary alicyclic amines) is 1. The summed E-state index contributed by atoms with van der Waals surface area (Å²) in [5.74, 6) is -9.89. The molecule has 25 nitrogen and oxygen atoms in total. The minimum atomic E-state index is -4.79. The molecule has 3 aliphatic heterocycles. The Hall–Kier alpha value is -7.39. The van der Waals surface area contributed by atoms with E-state index in [1.54, 1.807) is 11.8 Å². The Kier molecular flexibility index (Phi) is 29.8. The van der Waals surface area contributed by atoms with Gasteiger partial charge >= 0.3 is 6.18 Å². The molecular weight excluding hydrogens is 1360 g/mol. The zero-order valence-corrected chi connectivity index (χ0v) is 63.1. The second kappa shape index (κ2) is 37.0. The molecule has 12 amide bonds. The number of nitrogens with zero attached hydrogens (tertiary/aromatic N) is 9. The molecule has 103 heavy (non-hydrogen) atoms. The molecule has 6 fully saturated rings. The van der Waals surface area contributed by atoms with Crippen molar-refractivity contribution in [2.45, 2.75) is 242 Å². The molecule has 3 heterocycles.